The number of aliphatic hydroxyl groups is 1. The minimum atomic E-state index is -4.71. The summed E-state index contributed by atoms with van der Waals surface area (Å²) in [5, 5.41) is 30.3. The molecule has 0 aliphatic carbocycles. The van der Waals surface area contributed by atoms with E-state index >= 15 is 0 Å². The fourth-order valence-electron chi connectivity index (χ4n) is 7.95. The van der Waals surface area contributed by atoms with Crippen LogP contribution in [0.25, 0.3) is 0 Å². The van der Waals surface area contributed by atoms with E-state index in [1.54, 1.807) is 30.9 Å². The molecule has 0 saturated heterocycles. The molecule has 0 radical (unpaired) electrons. The Bertz CT molecular complexity index is 3230. The molecule has 6 rings (SSSR count). The van der Waals surface area contributed by atoms with E-state index in [4.69, 9.17) is 47.0 Å². The molecule has 0 bridgehead atoms. The first-order chi connectivity index (χ1) is 47.3. The van der Waals surface area contributed by atoms with Crippen LogP contribution in [-0.4, -0.2) is 119 Å². The highest BCUT2D eigenvalue weighted by Gasteiger charge is 2.36. The number of unbranched alkanes of at least 4 members (excludes halogenated alkanes) is 2. The number of benzene rings is 4. The molecule has 6 aromatic rings. The van der Waals surface area contributed by atoms with E-state index in [1.807, 2.05) is 37.5 Å². The van der Waals surface area contributed by atoms with Gasteiger partial charge in [0.05, 0.1) is 68.7 Å². The van der Waals surface area contributed by atoms with Crippen molar-refractivity contribution < 1.29 is 87.4 Å². The number of nitrogens with two attached hydrogens (primary N) is 1. The van der Waals surface area contributed by atoms with E-state index in [9.17, 15) is 91.3 Å². The van der Waals surface area contributed by atoms with Gasteiger partial charge in [-0.1, -0.05) is 53.9 Å². The van der Waals surface area contributed by atoms with Gasteiger partial charge in [0, 0.05) is 94.4 Å². The Morgan fingerprint density at radius 2 is 0.832 bits per heavy atom. The van der Waals surface area contributed by atoms with Crippen molar-refractivity contribution in [1.29, 1.82) is 0 Å². The number of alkyl halides is 15. The van der Waals surface area contributed by atoms with E-state index in [0.29, 0.717) is 80.0 Å². The van der Waals surface area contributed by atoms with Crippen molar-refractivity contribution in [1.82, 2.24) is 14.9 Å². The summed E-state index contributed by atoms with van der Waals surface area (Å²) >= 11 is 14.7. The van der Waals surface area contributed by atoms with Gasteiger partial charge in [0.2, 0.25) is 5.82 Å². The molecule has 572 valence electrons. The molecule has 0 unspecified atom stereocenters. The molecule has 1 amide bonds. The van der Waals surface area contributed by atoms with Gasteiger partial charge in [0.25, 0.3) is 16.8 Å². The second-order valence-corrected chi connectivity index (χ2v) is 20.3. The topological polar surface area (TPSA) is 217 Å². The second kappa shape index (κ2) is 55.1. The van der Waals surface area contributed by atoms with Crippen molar-refractivity contribution in [3.8, 4) is 0 Å². The number of hydrogen-bond acceptors (Lipinski definition) is 14. The molecule has 4 N–H and O–H groups in total. The average Bonchev–Trinajstić information content (AvgIpc) is 0.821. The molecule has 101 heavy (non-hydrogen) atoms. The average molecular weight is 1540 g/mol. The molecule has 4 aromatic carbocycles. The normalized spacial score (nSPS) is 10.5. The Hall–Kier alpha value is -7.58. The zero-order valence-corrected chi connectivity index (χ0v) is 60.9. The van der Waals surface area contributed by atoms with Crippen molar-refractivity contribution in [2.24, 2.45) is 0 Å². The van der Waals surface area contributed by atoms with Crippen molar-refractivity contribution in [3.63, 3.8) is 0 Å². The number of nitrogen functional groups attached to an aromatic ring is 1. The highest BCUT2D eigenvalue weighted by Crippen LogP contribution is 2.39. The first kappa shape index (κ1) is 99.8. The quantitative estimate of drug-likeness (QED) is 0.0172. The summed E-state index contributed by atoms with van der Waals surface area (Å²) in [6.07, 6.45) is -8.07. The Kier molecular flexibility index (Phi) is 54.4. The van der Waals surface area contributed by atoms with Gasteiger partial charge >= 0.3 is 30.4 Å². The van der Waals surface area contributed by atoms with Crippen LogP contribution in [0.3, 0.4) is 0 Å². The first-order valence-corrected chi connectivity index (χ1v) is 32.0. The van der Waals surface area contributed by atoms with Crippen LogP contribution < -0.4 is 25.8 Å². The summed E-state index contributed by atoms with van der Waals surface area (Å²) in [6, 6.07) is 16.6. The number of nitrogens with one attached hydrogen (secondary N) is 1. The molecule has 35 heteroatoms. The number of carbonyl (C=O) groups is 2. The zero-order chi connectivity index (χ0) is 78.9. The first-order valence-electron chi connectivity index (χ1n) is 31.2. The van der Waals surface area contributed by atoms with Crippen LogP contribution in [-0.2, 0) is 24.7 Å². The number of nitrogens with zero attached hydrogens (tertiary/aromatic N) is 8. The Morgan fingerprint density at radius 3 is 1.13 bits per heavy atom. The monoisotopic (exact) mass is 1540 g/mol. The van der Waals surface area contributed by atoms with Gasteiger partial charge < -0.3 is 35.8 Å². The number of carbonyl (C=O) groups excluding carboxylic acids is 2. The highest BCUT2D eigenvalue weighted by molar-refractivity contribution is 6.67. The predicted molar refractivity (Wildman–Crippen MR) is 378 cm³/mol. The molecule has 2 heterocycles. The Labute approximate surface area is 603 Å². The molecule has 0 atom stereocenters. The number of halogens is 18. The smallest absolute Gasteiger partial charge is 0.400 e. The summed E-state index contributed by atoms with van der Waals surface area (Å²) < 4.78 is 178. The Balaban J connectivity index is -0.000000366. The van der Waals surface area contributed by atoms with Gasteiger partial charge in [-0.3, -0.25) is 44.2 Å². The predicted octanol–water partition coefficient (Wildman–Crippen LogP) is 20.6. The van der Waals surface area contributed by atoms with Crippen LogP contribution in [0.2, 0.25) is 0 Å². The summed E-state index contributed by atoms with van der Waals surface area (Å²) in [5.74, 6) is -1.77. The molecule has 0 spiro atoms. The number of anilines is 5. The van der Waals surface area contributed by atoms with Crippen LogP contribution >= 0.6 is 47.2 Å². The number of rotatable bonds is 19. The maximum absolute atomic E-state index is 13.0. The second-order valence-electron chi connectivity index (χ2n) is 19.2. The third-order valence-corrected chi connectivity index (χ3v) is 13.3. The summed E-state index contributed by atoms with van der Waals surface area (Å²) in [4.78, 5) is 57.0. The molecular weight excluding hydrogens is 1450 g/mol. The van der Waals surface area contributed by atoms with Gasteiger partial charge in [0.15, 0.2) is 0 Å². The van der Waals surface area contributed by atoms with Crippen LogP contribution in [0.1, 0.15) is 140 Å². The lowest BCUT2D eigenvalue weighted by atomic mass is 10.1. The van der Waals surface area contributed by atoms with Gasteiger partial charge in [-0.2, -0.15) is 57.1 Å². The van der Waals surface area contributed by atoms with Crippen LogP contribution in [0.4, 0.5) is 101 Å². The molecule has 0 saturated carbocycles. The fraction of sp³-hybridized carbons (Fsp3) is 0.455. The molecule has 0 aliphatic heterocycles. The number of aliphatic hydroxyl groups excluding tert-OH is 1. The van der Waals surface area contributed by atoms with Crippen molar-refractivity contribution in [2.75, 3.05) is 104 Å². The highest BCUT2D eigenvalue weighted by atomic mass is 35.5. The molecule has 17 nitrogen and oxygen atoms in total. The van der Waals surface area contributed by atoms with Crippen LogP contribution in [0, 0.1) is 26.0 Å². The molecular formula is C66H90Cl4F14N10O7. The minimum Gasteiger partial charge on any atom is -0.400 e. The van der Waals surface area contributed by atoms with E-state index in [1.165, 1.54) is 87.9 Å². The number of hydrogen-bond donors (Lipinski definition) is 3. The summed E-state index contributed by atoms with van der Waals surface area (Å²) in [7, 11) is 0. The number of pyridine rings is 2. The zero-order valence-electron chi connectivity index (χ0n) is 58.8. The number of nitro benzene ring substituents is 2. The lowest BCUT2D eigenvalue weighted by Gasteiger charge is -2.25. The van der Waals surface area contributed by atoms with Gasteiger partial charge in [-0.15, -0.1) is 35.6 Å². The number of amides is 1. The third-order valence-electron chi connectivity index (χ3n) is 13.1. The molecule has 0 aliphatic rings. The summed E-state index contributed by atoms with van der Waals surface area (Å²) in [5.41, 5.74) is 2.68. The van der Waals surface area contributed by atoms with Crippen molar-refractivity contribution in [3.05, 3.63) is 181 Å². The van der Waals surface area contributed by atoms with E-state index in [2.05, 4.69) is 54.8 Å². The van der Waals surface area contributed by atoms with Crippen LogP contribution in [0.5, 0.6) is 0 Å². The number of nitro groups is 2. The largest absolute Gasteiger partial charge is 0.416 e. The summed E-state index contributed by atoms with van der Waals surface area (Å²) in [6.45, 7) is 29.4. The van der Waals surface area contributed by atoms with Gasteiger partial charge in [-0.25, -0.2) is 0 Å². The van der Waals surface area contributed by atoms with E-state index < -0.39 is 92.3 Å². The van der Waals surface area contributed by atoms with Gasteiger partial charge in [-0.05, 0) is 158 Å². The number of aromatic nitrogens is 2. The maximum atomic E-state index is 13.0. The SMILES string of the molecule is CCCCC.CCN(CC)CC.CCN(CC)c1ccc(C(F)(F)F)cc1N.CCN(CC)c1ccc(C(F)(F)F)cc1NC(=O)c1ccncc1.CCN(CC)c1ccc(C(F)(F)F)cc1[N+](=O)[O-].CO.Cl.ClCCl.O=C(Cl)c1ccncc1.O=[N+]([O-])c1cc(C(F)(F)F)ccc1F.[2H]CF. The van der Waals surface area contributed by atoms with E-state index in [-0.39, 0.29) is 40.9 Å². The van der Waals surface area contributed by atoms with Gasteiger partial charge in [0.1, 0.15) is 5.69 Å². The van der Waals surface area contributed by atoms with Crippen LogP contribution in [0.15, 0.2) is 122 Å². The third kappa shape index (κ3) is 40.6. The van der Waals surface area contributed by atoms with Crippen molar-refractivity contribution in [2.45, 2.75) is 120 Å². The maximum Gasteiger partial charge on any atom is 0.416 e. The minimum absolute atomic E-state index is 0. The Morgan fingerprint density at radius 1 is 0.525 bits per heavy atom. The molecule has 2 aromatic heterocycles. The lowest BCUT2D eigenvalue weighted by molar-refractivity contribution is -0.387. The van der Waals surface area contributed by atoms with Crippen molar-refractivity contribution >= 4 is 98.2 Å². The van der Waals surface area contributed by atoms with E-state index in [0.717, 1.165) is 43.5 Å². The molecule has 0 fully saturated rings. The fourth-order valence-corrected chi connectivity index (χ4v) is 8.07. The standard InChI is InChI=1S/C17H18F3N3O.C11H13F3N2O2.C11H15F3N2.C7H3F4NO2.C6H4ClNO.C6H15N.C5H12.CH2Cl2.CH3F.CH4O.ClH/c1-3-23(4-2)15-6-5-13(17(18,19)20)11-14(15)22-16(24)12-7-9-21-10-8-12;1-3-15(4-2)9-6-5-8(11(12,13)14)7-10(9)16(17)18;1-3-16(4-2)10-6-5-8(7-9(10)15)11(12,13)14;8-5-2-1-4(7(9,10)11)3-6(5)12(13)14;7-6(9)5-1-3-8-4-2-5;1-4-7(5-2)6-3;1-3-5-4-2;2-1-3;2*1-2;/h5-11H,3-4H2,1-2H3,(H,22,24);5-7H,3-4H2,1-2H3;5-7H,3-4,15H2,1-2H3;1-3H;1-4H;4-6H2,1-3H3;3-5H2,1-2H3;1H2;1H3;2H,1H3;1H/i;;;;;;;;1D;;. The lowest BCUT2D eigenvalue weighted by Crippen LogP contribution is -2.24.